The summed E-state index contributed by atoms with van der Waals surface area (Å²) < 4.78 is 10.9. The molecule has 0 fully saturated rings. The predicted octanol–water partition coefficient (Wildman–Crippen LogP) is 2.15. The van der Waals surface area contributed by atoms with Crippen LogP contribution in [0.5, 0.6) is 11.5 Å². The highest BCUT2D eigenvalue weighted by Gasteiger charge is 2.07. The molecule has 2 rings (SSSR count). The highest BCUT2D eigenvalue weighted by Crippen LogP contribution is 2.26. The van der Waals surface area contributed by atoms with Gasteiger partial charge in [0.1, 0.15) is 0 Å². The number of carbonyl (C=O) groups is 1. The summed E-state index contributed by atoms with van der Waals surface area (Å²) in [5.41, 5.74) is 6.36. The number of benzene rings is 1. The lowest BCUT2D eigenvalue weighted by Crippen LogP contribution is -2.39. The number of nitrogens with one attached hydrogen (secondary N) is 2. The van der Waals surface area contributed by atoms with Gasteiger partial charge in [-0.1, -0.05) is 24.8 Å². The summed E-state index contributed by atoms with van der Waals surface area (Å²) in [6.45, 7) is 6.07. The van der Waals surface area contributed by atoms with Crippen molar-refractivity contribution in [1.29, 1.82) is 0 Å². The minimum Gasteiger partial charge on any atom is -0.490 e. The van der Waals surface area contributed by atoms with Crippen molar-refractivity contribution in [3.63, 3.8) is 0 Å². The molecule has 0 unspecified atom stereocenters. The van der Waals surface area contributed by atoms with E-state index < -0.39 is 0 Å². The average Bonchev–Trinajstić information content (AvgIpc) is 2.60. The fourth-order valence-electron chi connectivity index (χ4n) is 1.77. The molecule has 0 aliphatic rings. The Bertz CT molecular complexity index is 659. The summed E-state index contributed by atoms with van der Waals surface area (Å²) in [5, 5.41) is 0. The molecule has 0 aliphatic carbocycles. The van der Waals surface area contributed by atoms with Crippen LogP contribution in [0, 0.1) is 0 Å². The van der Waals surface area contributed by atoms with Gasteiger partial charge in [0.2, 0.25) is 0 Å². The lowest BCUT2D eigenvalue weighted by molar-refractivity contribution is -0.123. The second-order valence-electron chi connectivity index (χ2n) is 4.54. The number of pyridine rings is 1. The van der Waals surface area contributed by atoms with Gasteiger partial charge in [-0.25, -0.2) is 0 Å². The zero-order valence-corrected chi connectivity index (χ0v) is 12.9. The highest BCUT2D eigenvalue weighted by molar-refractivity contribution is 5.78. The Morgan fingerprint density at radius 3 is 2.43 bits per heavy atom. The molecule has 0 saturated heterocycles. The van der Waals surface area contributed by atoms with E-state index in [0.717, 1.165) is 0 Å². The number of nitrogens with zero attached hydrogens (tertiary/aromatic N) is 1. The maximum absolute atomic E-state index is 11.8. The molecule has 120 valence electrons. The largest absolute Gasteiger partial charge is 0.490 e. The topological polar surface area (TPSA) is 72.5 Å². The molecule has 1 aromatic carbocycles. The first-order chi connectivity index (χ1) is 11.2. The van der Waals surface area contributed by atoms with Gasteiger partial charge in [0.25, 0.3) is 5.91 Å². The number of rotatable bonds is 8. The second kappa shape index (κ2) is 8.43. The van der Waals surface area contributed by atoms with E-state index in [2.05, 4.69) is 22.4 Å². The first-order valence-electron chi connectivity index (χ1n) is 7.20. The van der Waals surface area contributed by atoms with Crippen LogP contribution in [0.2, 0.25) is 0 Å². The zero-order chi connectivity index (χ0) is 16.5. The standard InChI is InChI=1S/C17H19N3O3/c1-3-22-15-9-4-5-10-16(15)23-12-17(21)20-19-13(2)14-8-6-7-11-18-14/h4-11,19H,2-3,12H2,1H3,(H,20,21). The molecule has 2 N–H and O–H groups in total. The Kier molecular flexibility index (Phi) is 5.99. The Balaban J connectivity index is 1.81. The number of aromatic nitrogens is 1. The van der Waals surface area contributed by atoms with Crippen LogP contribution >= 0.6 is 0 Å². The molecule has 1 heterocycles. The Morgan fingerprint density at radius 2 is 1.78 bits per heavy atom. The smallest absolute Gasteiger partial charge is 0.276 e. The van der Waals surface area contributed by atoms with Crippen molar-refractivity contribution in [1.82, 2.24) is 15.8 Å². The fourth-order valence-corrected chi connectivity index (χ4v) is 1.77. The van der Waals surface area contributed by atoms with Crippen LogP contribution in [-0.2, 0) is 4.79 Å². The van der Waals surface area contributed by atoms with Crippen LogP contribution in [0.25, 0.3) is 5.70 Å². The number of hydrazine groups is 1. The molecule has 6 heteroatoms. The Labute approximate surface area is 135 Å². The van der Waals surface area contributed by atoms with Crippen molar-refractivity contribution in [3.8, 4) is 11.5 Å². The van der Waals surface area contributed by atoms with Crippen LogP contribution in [0.15, 0.2) is 55.2 Å². The van der Waals surface area contributed by atoms with Gasteiger partial charge in [-0.3, -0.25) is 20.6 Å². The van der Waals surface area contributed by atoms with Crippen molar-refractivity contribution >= 4 is 11.6 Å². The SMILES string of the molecule is C=C(NNC(=O)COc1ccccc1OCC)c1ccccn1. The molecule has 0 bridgehead atoms. The van der Waals surface area contributed by atoms with Gasteiger partial charge in [-0.15, -0.1) is 0 Å². The maximum Gasteiger partial charge on any atom is 0.276 e. The van der Waals surface area contributed by atoms with Gasteiger partial charge in [0, 0.05) is 6.20 Å². The second-order valence-corrected chi connectivity index (χ2v) is 4.54. The normalized spacial score (nSPS) is 9.78. The summed E-state index contributed by atoms with van der Waals surface area (Å²) in [5.74, 6) is 0.787. The summed E-state index contributed by atoms with van der Waals surface area (Å²) in [6.07, 6.45) is 1.65. The molecule has 1 aromatic heterocycles. The number of hydrogen-bond acceptors (Lipinski definition) is 5. The quantitative estimate of drug-likeness (QED) is 0.731. The lowest BCUT2D eigenvalue weighted by atomic mass is 10.3. The van der Waals surface area contributed by atoms with E-state index in [-0.39, 0.29) is 12.5 Å². The summed E-state index contributed by atoms with van der Waals surface area (Å²) in [6, 6.07) is 12.6. The van der Waals surface area contributed by atoms with Crippen LogP contribution in [0.3, 0.4) is 0 Å². The van der Waals surface area contributed by atoms with Gasteiger partial charge in [0.05, 0.1) is 18.0 Å². The summed E-state index contributed by atoms with van der Waals surface area (Å²) in [4.78, 5) is 15.9. The zero-order valence-electron chi connectivity index (χ0n) is 12.9. The van der Waals surface area contributed by atoms with Gasteiger partial charge < -0.3 is 9.47 Å². The number of amides is 1. The number of carbonyl (C=O) groups excluding carboxylic acids is 1. The molecular weight excluding hydrogens is 294 g/mol. The molecule has 0 atom stereocenters. The first kappa shape index (κ1) is 16.4. The Morgan fingerprint density at radius 1 is 1.09 bits per heavy atom. The van der Waals surface area contributed by atoms with E-state index in [1.54, 1.807) is 30.5 Å². The van der Waals surface area contributed by atoms with Crippen molar-refractivity contribution < 1.29 is 14.3 Å². The number of hydrogen-bond donors (Lipinski definition) is 2. The van der Waals surface area contributed by atoms with Gasteiger partial charge in [-0.2, -0.15) is 0 Å². The molecule has 0 aliphatic heterocycles. The van der Waals surface area contributed by atoms with Crippen LogP contribution in [0.4, 0.5) is 0 Å². The van der Waals surface area contributed by atoms with Crippen molar-refractivity contribution in [2.75, 3.05) is 13.2 Å². The van der Waals surface area contributed by atoms with E-state index in [1.165, 1.54) is 0 Å². The average molecular weight is 313 g/mol. The molecular formula is C17H19N3O3. The van der Waals surface area contributed by atoms with Gasteiger partial charge in [0.15, 0.2) is 18.1 Å². The molecule has 1 amide bonds. The van der Waals surface area contributed by atoms with Crippen molar-refractivity contribution in [3.05, 3.63) is 60.9 Å². The molecule has 23 heavy (non-hydrogen) atoms. The van der Waals surface area contributed by atoms with Crippen LogP contribution in [-0.4, -0.2) is 24.1 Å². The van der Waals surface area contributed by atoms with Crippen molar-refractivity contribution in [2.24, 2.45) is 0 Å². The van der Waals surface area contributed by atoms with Crippen LogP contribution in [0.1, 0.15) is 12.6 Å². The molecule has 0 radical (unpaired) electrons. The molecule has 2 aromatic rings. The molecule has 0 spiro atoms. The van der Waals surface area contributed by atoms with Crippen molar-refractivity contribution in [2.45, 2.75) is 6.92 Å². The monoisotopic (exact) mass is 313 g/mol. The van der Waals surface area contributed by atoms with E-state index >= 15 is 0 Å². The third kappa shape index (κ3) is 5.03. The molecule has 6 nitrogen and oxygen atoms in total. The predicted molar refractivity (Wildman–Crippen MR) is 87.7 cm³/mol. The third-order valence-corrected chi connectivity index (χ3v) is 2.83. The summed E-state index contributed by atoms with van der Waals surface area (Å²) >= 11 is 0. The lowest BCUT2D eigenvalue weighted by Gasteiger charge is -2.13. The van der Waals surface area contributed by atoms with E-state index in [9.17, 15) is 4.79 Å². The number of ether oxygens (including phenoxy) is 2. The maximum atomic E-state index is 11.8. The first-order valence-corrected chi connectivity index (χ1v) is 7.20. The van der Waals surface area contributed by atoms with E-state index in [1.807, 2.05) is 25.1 Å². The third-order valence-electron chi connectivity index (χ3n) is 2.83. The summed E-state index contributed by atoms with van der Waals surface area (Å²) in [7, 11) is 0. The van der Waals surface area contributed by atoms with Gasteiger partial charge in [-0.05, 0) is 31.2 Å². The Hall–Kier alpha value is -3.02. The minimum absolute atomic E-state index is 0.146. The molecule has 0 saturated carbocycles. The minimum atomic E-state index is -0.339. The van der Waals surface area contributed by atoms with E-state index in [4.69, 9.17) is 9.47 Å². The van der Waals surface area contributed by atoms with E-state index in [0.29, 0.717) is 29.5 Å². The number of para-hydroxylation sites is 2. The van der Waals surface area contributed by atoms with Crippen LogP contribution < -0.4 is 20.3 Å². The fraction of sp³-hybridized carbons (Fsp3) is 0.176. The van der Waals surface area contributed by atoms with Gasteiger partial charge >= 0.3 is 0 Å². The highest BCUT2D eigenvalue weighted by atomic mass is 16.5.